The molecule has 2 aromatic carbocycles. The first-order valence-electron chi connectivity index (χ1n) is 11.0. The number of hydrogen-bond donors (Lipinski definition) is 1. The summed E-state index contributed by atoms with van der Waals surface area (Å²) >= 11 is 1.47. The van der Waals surface area contributed by atoms with Crippen LogP contribution in [-0.4, -0.2) is 57.0 Å². The van der Waals surface area contributed by atoms with Crippen LogP contribution < -0.4 is 10.1 Å². The highest BCUT2D eigenvalue weighted by Crippen LogP contribution is 2.30. The quantitative estimate of drug-likeness (QED) is 0.478. The Bertz CT molecular complexity index is 1260. The van der Waals surface area contributed by atoms with Crippen LogP contribution in [0.3, 0.4) is 0 Å². The number of rotatable bonds is 6. The summed E-state index contributed by atoms with van der Waals surface area (Å²) in [4.78, 5) is 19.3. The Morgan fingerprint density at radius 2 is 2.03 bits per heavy atom. The highest BCUT2D eigenvalue weighted by molar-refractivity contribution is 7.22. The van der Waals surface area contributed by atoms with Gasteiger partial charge in [0, 0.05) is 13.1 Å². The molecule has 0 radical (unpaired) electrons. The summed E-state index contributed by atoms with van der Waals surface area (Å²) in [7, 11) is 0. The molecule has 32 heavy (non-hydrogen) atoms. The predicted octanol–water partition coefficient (Wildman–Crippen LogP) is 4.02. The summed E-state index contributed by atoms with van der Waals surface area (Å²) in [6, 6.07) is 12.4. The van der Waals surface area contributed by atoms with E-state index >= 15 is 0 Å². The van der Waals surface area contributed by atoms with E-state index in [1.165, 1.54) is 16.9 Å². The monoisotopic (exact) mass is 450 g/mol. The van der Waals surface area contributed by atoms with Gasteiger partial charge in [-0.1, -0.05) is 22.6 Å². The Balaban J connectivity index is 1.17. The second kappa shape index (κ2) is 8.84. The first kappa shape index (κ1) is 20.8. The number of fused-ring (bicyclic) bond motifs is 2. The molecule has 4 aromatic rings. The number of carbonyl (C=O) groups is 1. The van der Waals surface area contributed by atoms with Gasteiger partial charge in [0.25, 0.3) is 0 Å². The lowest BCUT2D eigenvalue weighted by Gasteiger charge is -2.31. The lowest BCUT2D eigenvalue weighted by atomic mass is 10.0. The van der Waals surface area contributed by atoms with E-state index in [0.717, 1.165) is 52.9 Å². The second-order valence-electron chi connectivity index (χ2n) is 8.16. The van der Waals surface area contributed by atoms with Crippen LogP contribution in [0.25, 0.3) is 21.3 Å². The number of benzene rings is 2. The maximum Gasteiger partial charge on any atom is 0.240 e. The zero-order chi connectivity index (χ0) is 22.1. The van der Waals surface area contributed by atoms with Gasteiger partial charge in [-0.3, -0.25) is 9.69 Å². The topological polar surface area (TPSA) is 85.2 Å². The number of ether oxygens (including phenoxy) is 1. The van der Waals surface area contributed by atoms with Crippen LogP contribution in [0.5, 0.6) is 5.75 Å². The molecule has 2 aromatic heterocycles. The maximum absolute atomic E-state index is 12.6. The average Bonchev–Trinajstić information content (AvgIpc) is 3.37. The van der Waals surface area contributed by atoms with Crippen molar-refractivity contribution < 1.29 is 9.53 Å². The van der Waals surface area contributed by atoms with Crippen LogP contribution >= 0.6 is 11.3 Å². The molecule has 0 unspecified atom stereocenters. The van der Waals surface area contributed by atoms with Gasteiger partial charge in [0.05, 0.1) is 34.9 Å². The minimum absolute atomic E-state index is 0.0331. The predicted molar refractivity (Wildman–Crippen MR) is 126 cm³/mol. The molecule has 8 nitrogen and oxygen atoms in total. The van der Waals surface area contributed by atoms with Gasteiger partial charge in [-0.2, -0.15) is 0 Å². The summed E-state index contributed by atoms with van der Waals surface area (Å²) in [6.45, 7) is 6.71. The van der Waals surface area contributed by atoms with Crippen molar-refractivity contribution >= 4 is 43.6 Å². The van der Waals surface area contributed by atoms with E-state index in [4.69, 9.17) is 4.74 Å². The Labute approximate surface area is 190 Å². The minimum Gasteiger partial charge on any atom is -0.494 e. The number of piperidine rings is 1. The fourth-order valence-electron chi connectivity index (χ4n) is 4.22. The molecule has 0 atom stereocenters. The minimum atomic E-state index is -0.0331. The number of thiazole rings is 1. The molecule has 1 amide bonds. The SMILES string of the molecule is CCOc1ccc2nc(NC(=O)CN3CCC(n4nnc5cc(C)ccc54)CC3)sc2c1. The van der Waals surface area contributed by atoms with E-state index in [1.807, 2.05) is 29.8 Å². The van der Waals surface area contributed by atoms with Crippen molar-refractivity contribution in [1.82, 2.24) is 24.9 Å². The highest BCUT2D eigenvalue weighted by Gasteiger charge is 2.24. The molecule has 0 bridgehead atoms. The molecule has 1 N–H and O–H groups in total. The van der Waals surface area contributed by atoms with Gasteiger partial charge in [-0.25, -0.2) is 9.67 Å². The Hall–Kier alpha value is -3.04. The lowest BCUT2D eigenvalue weighted by molar-refractivity contribution is -0.117. The standard InChI is InChI=1S/C23H26N6O2S/c1-3-31-17-5-6-18-21(13-17)32-23(24-18)25-22(30)14-28-10-8-16(9-11-28)29-20-7-4-15(2)12-19(20)26-27-29/h4-7,12-13,16H,3,8-11,14H2,1-2H3,(H,24,25,30). The van der Waals surface area contributed by atoms with Crippen LogP contribution in [0.1, 0.15) is 31.4 Å². The normalized spacial score (nSPS) is 15.4. The highest BCUT2D eigenvalue weighted by atomic mass is 32.1. The van der Waals surface area contributed by atoms with Crippen molar-refractivity contribution in [2.24, 2.45) is 0 Å². The molecule has 5 rings (SSSR count). The zero-order valence-corrected chi connectivity index (χ0v) is 19.1. The van der Waals surface area contributed by atoms with E-state index < -0.39 is 0 Å². The van der Waals surface area contributed by atoms with Crippen LogP contribution in [0.4, 0.5) is 5.13 Å². The summed E-state index contributed by atoms with van der Waals surface area (Å²) in [5.41, 5.74) is 4.07. The molecular weight excluding hydrogens is 424 g/mol. The van der Waals surface area contributed by atoms with E-state index in [-0.39, 0.29) is 5.91 Å². The number of hydrogen-bond acceptors (Lipinski definition) is 7. The molecule has 1 saturated heterocycles. The lowest BCUT2D eigenvalue weighted by Crippen LogP contribution is -2.39. The van der Waals surface area contributed by atoms with Crippen molar-refractivity contribution in [3.05, 3.63) is 42.0 Å². The molecule has 0 spiro atoms. The molecule has 166 valence electrons. The van der Waals surface area contributed by atoms with Crippen LogP contribution in [0, 0.1) is 6.92 Å². The van der Waals surface area contributed by atoms with Crippen LogP contribution in [-0.2, 0) is 4.79 Å². The summed E-state index contributed by atoms with van der Waals surface area (Å²) in [5.74, 6) is 0.786. The number of nitrogens with one attached hydrogen (secondary N) is 1. The van der Waals surface area contributed by atoms with Crippen molar-refractivity contribution in [3.8, 4) is 5.75 Å². The largest absolute Gasteiger partial charge is 0.494 e. The van der Waals surface area contributed by atoms with E-state index in [2.05, 4.69) is 50.6 Å². The van der Waals surface area contributed by atoms with E-state index in [1.54, 1.807) is 0 Å². The average molecular weight is 451 g/mol. The molecule has 0 aliphatic carbocycles. The number of aryl methyl sites for hydroxylation is 1. The Kier molecular flexibility index (Phi) is 5.75. The van der Waals surface area contributed by atoms with Crippen LogP contribution in [0.15, 0.2) is 36.4 Å². The van der Waals surface area contributed by atoms with Crippen molar-refractivity contribution in [2.75, 3.05) is 31.6 Å². The molecule has 1 aliphatic rings. The number of aromatic nitrogens is 4. The molecule has 1 aliphatic heterocycles. The van der Waals surface area contributed by atoms with E-state index in [0.29, 0.717) is 24.3 Å². The molecule has 0 saturated carbocycles. The van der Waals surface area contributed by atoms with Crippen LogP contribution in [0.2, 0.25) is 0 Å². The van der Waals surface area contributed by atoms with Gasteiger partial charge in [-0.15, -0.1) is 5.10 Å². The Morgan fingerprint density at radius 1 is 1.19 bits per heavy atom. The summed E-state index contributed by atoms with van der Waals surface area (Å²) in [5, 5.41) is 12.3. The van der Waals surface area contributed by atoms with Gasteiger partial charge in [-0.05, 0) is 62.6 Å². The number of likely N-dealkylation sites (tertiary alicyclic amines) is 1. The fraction of sp³-hybridized carbons (Fsp3) is 0.391. The Morgan fingerprint density at radius 3 is 2.84 bits per heavy atom. The number of carbonyl (C=O) groups excluding carboxylic acids is 1. The number of nitrogens with zero attached hydrogens (tertiary/aromatic N) is 5. The van der Waals surface area contributed by atoms with Crippen molar-refractivity contribution in [3.63, 3.8) is 0 Å². The smallest absolute Gasteiger partial charge is 0.240 e. The summed E-state index contributed by atoms with van der Waals surface area (Å²) < 4.78 is 8.59. The molecule has 1 fully saturated rings. The van der Waals surface area contributed by atoms with Gasteiger partial charge in [0.2, 0.25) is 5.91 Å². The molecule has 9 heteroatoms. The van der Waals surface area contributed by atoms with Gasteiger partial charge in [0.15, 0.2) is 5.13 Å². The van der Waals surface area contributed by atoms with Crippen molar-refractivity contribution in [2.45, 2.75) is 32.7 Å². The van der Waals surface area contributed by atoms with Gasteiger partial charge in [0.1, 0.15) is 11.3 Å². The first-order chi connectivity index (χ1) is 15.6. The van der Waals surface area contributed by atoms with Crippen molar-refractivity contribution in [1.29, 1.82) is 0 Å². The third kappa shape index (κ3) is 4.31. The zero-order valence-electron chi connectivity index (χ0n) is 18.2. The fourth-order valence-corrected chi connectivity index (χ4v) is 5.13. The number of anilines is 1. The van der Waals surface area contributed by atoms with Gasteiger partial charge >= 0.3 is 0 Å². The first-order valence-corrected chi connectivity index (χ1v) is 11.8. The maximum atomic E-state index is 12.6. The number of amides is 1. The van der Waals surface area contributed by atoms with E-state index in [9.17, 15) is 4.79 Å². The summed E-state index contributed by atoms with van der Waals surface area (Å²) in [6.07, 6.45) is 1.89. The third-order valence-electron chi connectivity index (χ3n) is 5.81. The molecule has 3 heterocycles. The molecular formula is C23H26N6O2S. The van der Waals surface area contributed by atoms with Gasteiger partial charge < -0.3 is 10.1 Å². The third-order valence-corrected chi connectivity index (χ3v) is 6.75. The second-order valence-corrected chi connectivity index (χ2v) is 9.19.